The summed E-state index contributed by atoms with van der Waals surface area (Å²) >= 11 is 0. The van der Waals surface area contributed by atoms with Gasteiger partial charge in [-0.15, -0.1) is 0 Å². The fourth-order valence-corrected chi connectivity index (χ4v) is 5.83. The molecule has 0 rings (SSSR count). The van der Waals surface area contributed by atoms with Gasteiger partial charge in [-0.3, -0.25) is 14.4 Å². The molecule has 0 N–H and O–H groups in total. The van der Waals surface area contributed by atoms with E-state index in [-0.39, 0.29) is 37.5 Å². The largest absolute Gasteiger partial charge is 0.462 e. The SMILES string of the molecule is CCCC/C=C\CCCCCCC(=O)OC(COC(=O)CC/C=C\C/C=C\CCCCCCCC)COC(=O)CCCCCCCCCCCC. The van der Waals surface area contributed by atoms with Crippen molar-refractivity contribution < 1.29 is 28.6 Å². The molecule has 6 heteroatoms. The van der Waals surface area contributed by atoms with Crippen molar-refractivity contribution in [3.63, 3.8) is 0 Å². The van der Waals surface area contributed by atoms with Gasteiger partial charge >= 0.3 is 17.9 Å². The summed E-state index contributed by atoms with van der Waals surface area (Å²) in [6.07, 6.45) is 44.3. The standard InChI is InChI=1S/C45H80O6/c1-4-7-10-13-16-19-22-23-24-27-29-32-35-38-44(47)50-41-42(51-45(48)39-36-33-30-26-21-18-15-12-9-6-3)40-49-43(46)37-34-31-28-25-20-17-14-11-8-5-2/h15,18,23-24,29,32,42H,4-14,16-17,19-22,25-28,30-31,33-41H2,1-3H3/b18-15-,24-23-,32-29-. The van der Waals surface area contributed by atoms with Crippen molar-refractivity contribution in [2.75, 3.05) is 13.2 Å². The predicted octanol–water partition coefficient (Wildman–Crippen LogP) is 13.4. The number of esters is 3. The van der Waals surface area contributed by atoms with Crippen LogP contribution in [0.1, 0.15) is 213 Å². The van der Waals surface area contributed by atoms with Crippen molar-refractivity contribution in [2.45, 2.75) is 219 Å². The van der Waals surface area contributed by atoms with Gasteiger partial charge in [-0.2, -0.15) is 0 Å². The Morgan fingerprint density at radius 3 is 1.27 bits per heavy atom. The molecule has 1 atom stereocenters. The molecule has 51 heavy (non-hydrogen) atoms. The van der Waals surface area contributed by atoms with Crippen LogP contribution in [-0.2, 0) is 28.6 Å². The summed E-state index contributed by atoms with van der Waals surface area (Å²) in [5, 5.41) is 0. The van der Waals surface area contributed by atoms with E-state index >= 15 is 0 Å². The molecule has 1 unspecified atom stereocenters. The predicted molar refractivity (Wildman–Crippen MR) is 215 cm³/mol. The van der Waals surface area contributed by atoms with Crippen molar-refractivity contribution in [3.05, 3.63) is 36.5 Å². The van der Waals surface area contributed by atoms with Gasteiger partial charge in [0, 0.05) is 19.3 Å². The first kappa shape index (κ1) is 48.6. The van der Waals surface area contributed by atoms with Crippen LogP contribution in [0, 0.1) is 0 Å². The second-order valence-corrected chi connectivity index (χ2v) is 14.3. The summed E-state index contributed by atoms with van der Waals surface area (Å²) in [4.78, 5) is 37.5. The highest BCUT2D eigenvalue weighted by molar-refractivity contribution is 5.71. The number of ether oxygens (including phenoxy) is 3. The van der Waals surface area contributed by atoms with E-state index in [0.29, 0.717) is 19.3 Å². The number of rotatable bonds is 38. The van der Waals surface area contributed by atoms with Crippen LogP contribution in [0.4, 0.5) is 0 Å². The number of hydrogen-bond acceptors (Lipinski definition) is 6. The third kappa shape index (κ3) is 38.7. The minimum Gasteiger partial charge on any atom is -0.462 e. The van der Waals surface area contributed by atoms with Gasteiger partial charge in [-0.05, 0) is 57.8 Å². The quantitative estimate of drug-likeness (QED) is 0.0274. The molecule has 0 saturated carbocycles. The molecule has 0 aromatic carbocycles. The summed E-state index contributed by atoms with van der Waals surface area (Å²) in [5.74, 6) is -0.981. The molecule has 0 fully saturated rings. The Balaban J connectivity index is 4.45. The third-order valence-electron chi connectivity index (χ3n) is 9.13. The Kier molecular flexibility index (Phi) is 38.5. The highest BCUT2D eigenvalue weighted by Gasteiger charge is 2.19. The molecule has 0 aliphatic rings. The number of carbonyl (C=O) groups is 3. The number of carbonyl (C=O) groups excluding carboxylic acids is 3. The minimum atomic E-state index is -0.793. The Hall–Kier alpha value is -2.37. The van der Waals surface area contributed by atoms with Crippen molar-refractivity contribution in [1.29, 1.82) is 0 Å². The summed E-state index contributed by atoms with van der Waals surface area (Å²) in [6, 6.07) is 0. The highest BCUT2D eigenvalue weighted by atomic mass is 16.6. The van der Waals surface area contributed by atoms with E-state index in [9.17, 15) is 14.4 Å². The molecule has 0 saturated heterocycles. The maximum atomic E-state index is 12.6. The van der Waals surface area contributed by atoms with Crippen LogP contribution in [0.2, 0.25) is 0 Å². The lowest BCUT2D eigenvalue weighted by molar-refractivity contribution is -0.166. The molecule has 6 nitrogen and oxygen atoms in total. The number of unbranched alkanes of at least 4 members (excludes halogenated alkanes) is 21. The zero-order valence-electron chi connectivity index (χ0n) is 33.6. The second-order valence-electron chi connectivity index (χ2n) is 14.3. The lowest BCUT2D eigenvalue weighted by Crippen LogP contribution is -2.30. The van der Waals surface area contributed by atoms with Crippen LogP contribution in [0.5, 0.6) is 0 Å². The van der Waals surface area contributed by atoms with Crippen molar-refractivity contribution in [3.8, 4) is 0 Å². The average Bonchev–Trinajstić information content (AvgIpc) is 3.12. The monoisotopic (exact) mass is 717 g/mol. The van der Waals surface area contributed by atoms with Crippen LogP contribution in [0.3, 0.4) is 0 Å². The van der Waals surface area contributed by atoms with Gasteiger partial charge in [0.05, 0.1) is 0 Å². The Labute approximate surface area is 315 Å². The molecule has 0 aliphatic carbocycles. The molecule has 0 amide bonds. The van der Waals surface area contributed by atoms with Crippen LogP contribution in [0.15, 0.2) is 36.5 Å². The molecule has 0 aliphatic heterocycles. The highest BCUT2D eigenvalue weighted by Crippen LogP contribution is 2.13. The van der Waals surface area contributed by atoms with E-state index in [1.807, 2.05) is 6.08 Å². The molecular formula is C45H80O6. The smallest absolute Gasteiger partial charge is 0.306 e. The van der Waals surface area contributed by atoms with E-state index in [4.69, 9.17) is 14.2 Å². The lowest BCUT2D eigenvalue weighted by Gasteiger charge is -2.18. The maximum Gasteiger partial charge on any atom is 0.306 e. The summed E-state index contributed by atoms with van der Waals surface area (Å²) in [5.41, 5.74) is 0. The third-order valence-corrected chi connectivity index (χ3v) is 9.13. The molecular weight excluding hydrogens is 636 g/mol. The van der Waals surface area contributed by atoms with Crippen LogP contribution >= 0.6 is 0 Å². The molecule has 0 heterocycles. The van der Waals surface area contributed by atoms with Crippen LogP contribution < -0.4 is 0 Å². The average molecular weight is 717 g/mol. The van der Waals surface area contributed by atoms with Gasteiger partial charge in [-0.25, -0.2) is 0 Å². The zero-order chi connectivity index (χ0) is 37.3. The van der Waals surface area contributed by atoms with Crippen molar-refractivity contribution >= 4 is 17.9 Å². The minimum absolute atomic E-state index is 0.0923. The van der Waals surface area contributed by atoms with Gasteiger partial charge in [0.25, 0.3) is 0 Å². The van der Waals surface area contributed by atoms with Gasteiger partial charge in [0.15, 0.2) is 6.10 Å². The summed E-state index contributed by atoms with van der Waals surface area (Å²) in [7, 11) is 0. The molecule has 0 aromatic heterocycles. The molecule has 0 bridgehead atoms. The van der Waals surface area contributed by atoms with E-state index in [1.54, 1.807) is 0 Å². The topological polar surface area (TPSA) is 78.9 Å². The first-order valence-electron chi connectivity index (χ1n) is 21.5. The fraction of sp³-hybridized carbons (Fsp3) is 0.800. The normalized spacial score (nSPS) is 12.3. The fourth-order valence-electron chi connectivity index (χ4n) is 5.83. The lowest BCUT2D eigenvalue weighted by atomic mass is 10.1. The van der Waals surface area contributed by atoms with Gasteiger partial charge in [-0.1, -0.05) is 173 Å². The molecule has 0 spiro atoms. The molecule has 0 aromatic rings. The Morgan fingerprint density at radius 1 is 0.392 bits per heavy atom. The summed E-state index contributed by atoms with van der Waals surface area (Å²) in [6.45, 7) is 6.49. The molecule has 296 valence electrons. The summed E-state index contributed by atoms with van der Waals surface area (Å²) < 4.78 is 16.6. The maximum absolute atomic E-state index is 12.6. The Bertz CT molecular complexity index is 876. The van der Waals surface area contributed by atoms with Gasteiger partial charge in [0.1, 0.15) is 13.2 Å². The first-order chi connectivity index (χ1) is 25.0. The zero-order valence-corrected chi connectivity index (χ0v) is 33.6. The van der Waals surface area contributed by atoms with Crippen molar-refractivity contribution in [1.82, 2.24) is 0 Å². The van der Waals surface area contributed by atoms with E-state index < -0.39 is 6.10 Å². The number of hydrogen-bond donors (Lipinski definition) is 0. The van der Waals surface area contributed by atoms with Gasteiger partial charge < -0.3 is 14.2 Å². The second kappa shape index (κ2) is 40.4. The molecule has 0 radical (unpaired) electrons. The van der Waals surface area contributed by atoms with Crippen molar-refractivity contribution in [2.24, 2.45) is 0 Å². The van der Waals surface area contributed by atoms with E-state index in [2.05, 4.69) is 51.2 Å². The van der Waals surface area contributed by atoms with Gasteiger partial charge in [0.2, 0.25) is 0 Å². The van der Waals surface area contributed by atoms with E-state index in [1.165, 1.54) is 96.3 Å². The van der Waals surface area contributed by atoms with Crippen LogP contribution in [0.25, 0.3) is 0 Å². The van der Waals surface area contributed by atoms with E-state index in [0.717, 1.165) is 70.6 Å². The Morgan fingerprint density at radius 2 is 0.765 bits per heavy atom. The van der Waals surface area contributed by atoms with Crippen LogP contribution in [-0.4, -0.2) is 37.2 Å². The first-order valence-corrected chi connectivity index (χ1v) is 21.5. The number of allylic oxidation sites excluding steroid dienone is 6.